The van der Waals surface area contributed by atoms with E-state index in [1.165, 1.54) is 11.1 Å². The van der Waals surface area contributed by atoms with Crippen LogP contribution in [0, 0.1) is 20.8 Å². The highest BCUT2D eigenvalue weighted by molar-refractivity contribution is 6.01. The second kappa shape index (κ2) is 6.51. The van der Waals surface area contributed by atoms with Crippen molar-refractivity contribution in [2.75, 3.05) is 26.2 Å². The Morgan fingerprint density at radius 1 is 1.25 bits per heavy atom. The van der Waals surface area contributed by atoms with Crippen LogP contribution in [0.5, 0.6) is 0 Å². The molecule has 0 radical (unpaired) electrons. The van der Waals surface area contributed by atoms with Gasteiger partial charge < -0.3 is 4.74 Å². The number of carbonyl (C=O) groups excluding carboxylic acids is 1. The maximum atomic E-state index is 12.7. The lowest BCUT2D eigenvalue weighted by atomic mass is 9.95. The Balaban J connectivity index is 2.16. The van der Waals surface area contributed by atoms with Crippen LogP contribution in [0.15, 0.2) is 12.1 Å². The molecule has 0 N–H and O–H groups in total. The molecule has 0 aromatic heterocycles. The lowest BCUT2D eigenvalue weighted by molar-refractivity contribution is -0.0164. The molecule has 110 valence electrons. The molecule has 1 atom stereocenters. The van der Waals surface area contributed by atoms with Gasteiger partial charge >= 0.3 is 0 Å². The van der Waals surface area contributed by atoms with Crippen LogP contribution in [0.1, 0.15) is 40.4 Å². The molecule has 0 aliphatic carbocycles. The van der Waals surface area contributed by atoms with E-state index in [4.69, 9.17) is 4.74 Å². The first-order valence-corrected chi connectivity index (χ1v) is 7.49. The van der Waals surface area contributed by atoms with Crippen molar-refractivity contribution >= 4 is 5.78 Å². The summed E-state index contributed by atoms with van der Waals surface area (Å²) < 4.78 is 5.70. The van der Waals surface area contributed by atoms with Gasteiger partial charge in [0.1, 0.15) is 6.10 Å². The summed E-state index contributed by atoms with van der Waals surface area (Å²) in [5.74, 6) is 0.131. The van der Waals surface area contributed by atoms with Gasteiger partial charge in [0, 0.05) is 18.7 Å². The largest absolute Gasteiger partial charge is 0.367 e. The molecule has 3 nitrogen and oxygen atoms in total. The number of Topliss-reactive ketones (excluding diaryl/α,β-unsaturated/α-hetero) is 1. The highest BCUT2D eigenvalue weighted by Gasteiger charge is 2.28. The van der Waals surface area contributed by atoms with Crippen LogP contribution >= 0.6 is 0 Å². The number of rotatable bonds is 4. The van der Waals surface area contributed by atoms with Crippen LogP contribution in [0.4, 0.5) is 0 Å². The number of carbonyl (C=O) groups is 1. The first kappa shape index (κ1) is 15.2. The molecule has 1 aromatic rings. The van der Waals surface area contributed by atoms with E-state index in [1.54, 1.807) is 0 Å². The Morgan fingerprint density at radius 3 is 2.65 bits per heavy atom. The van der Waals surface area contributed by atoms with E-state index < -0.39 is 0 Å². The molecule has 2 rings (SSSR count). The molecule has 1 aliphatic heterocycles. The van der Waals surface area contributed by atoms with Gasteiger partial charge in [0.2, 0.25) is 0 Å². The Morgan fingerprint density at radius 2 is 1.95 bits per heavy atom. The third-order valence-corrected chi connectivity index (χ3v) is 4.09. The van der Waals surface area contributed by atoms with Crippen molar-refractivity contribution in [1.29, 1.82) is 0 Å². The molecule has 0 amide bonds. The van der Waals surface area contributed by atoms with Crippen LogP contribution in [0.2, 0.25) is 0 Å². The van der Waals surface area contributed by atoms with Crippen LogP contribution in [-0.2, 0) is 4.74 Å². The summed E-state index contributed by atoms with van der Waals surface area (Å²) >= 11 is 0. The summed E-state index contributed by atoms with van der Waals surface area (Å²) in [6.45, 7) is 11.7. The number of hydrogen-bond acceptors (Lipinski definition) is 3. The fourth-order valence-electron chi connectivity index (χ4n) is 2.78. The summed E-state index contributed by atoms with van der Waals surface area (Å²) in [5.41, 5.74) is 4.27. The second-order valence-corrected chi connectivity index (χ2v) is 5.78. The number of benzene rings is 1. The Bertz CT molecular complexity index is 494. The van der Waals surface area contributed by atoms with Crippen molar-refractivity contribution in [3.05, 3.63) is 34.4 Å². The van der Waals surface area contributed by atoms with Gasteiger partial charge in [-0.1, -0.05) is 13.0 Å². The number of aryl methyl sites for hydroxylation is 3. The van der Waals surface area contributed by atoms with Gasteiger partial charge in [0.05, 0.1) is 6.61 Å². The maximum absolute atomic E-state index is 12.7. The van der Waals surface area contributed by atoms with E-state index in [1.807, 2.05) is 13.0 Å². The van der Waals surface area contributed by atoms with E-state index in [0.29, 0.717) is 6.61 Å². The number of ketones is 1. The summed E-state index contributed by atoms with van der Waals surface area (Å²) in [6, 6.07) is 4.10. The lowest BCUT2D eigenvalue weighted by Crippen LogP contribution is -2.46. The average Bonchev–Trinajstić information content (AvgIpc) is 2.43. The topological polar surface area (TPSA) is 29.5 Å². The molecule has 1 aromatic carbocycles. The van der Waals surface area contributed by atoms with E-state index in [0.717, 1.165) is 37.2 Å². The zero-order valence-corrected chi connectivity index (χ0v) is 13.0. The van der Waals surface area contributed by atoms with Gasteiger partial charge in [-0.3, -0.25) is 9.69 Å². The number of nitrogens with zero attached hydrogens (tertiary/aromatic N) is 1. The SMILES string of the molecule is CCCN1CCOC(C(=O)c2cc(C)c(C)cc2C)C1. The summed E-state index contributed by atoms with van der Waals surface area (Å²) in [5, 5.41) is 0. The zero-order chi connectivity index (χ0) is 14.7. The zero-order valence-electron chi connectivity index (χ0n) is 13.0. The van der Waals surface area contributed by atoms with Gasteiger partial charge in [-0.2, -0.15) is 0 Å². The van der Waals surface area contributed by atoms with E-state index in [-0.39, 0.29) is 11.9 Å². The average molecular weight is 275 g/mol. The van der Waals surface area contributed by atoms with E-state index >= 15 is 0 Å². The number of ether oxygens (including phenoxy) is 1. The summed E-state index contributed by atoms with van der Waals surface area (Å²) in [6.07, 6.45) is 0.805. The fourth-order valence-corrected chi connectivity index (χ4v) is 2.78. The fraction of sp³-hybridized carbons (Fsp3) is 0.588. The molecule has 1 saturated heterocycles. The third-order valence-electron chi connectivity index (χ3n) is 4.09. The van der Waals surface area contributed by atoms with Crippen LogP contribution in [0.25, 0.3) is 0 Å². The Hall–Kier alpha value is -1.19. The minimum absolute atomic E-state index is 0.131. The lowest BCUT2D eigenvalue weighted by Gasteiger charge is -2.32. The van der Waals surface area contributed by atoms with Crippen molar-refractivity contribution in [3.63, 3.8) is 0 Å². The van der Waals surface area contributed by atoms with Crippen LogP contribution in [0.3, 0.4) is 0 Å². The van der Waals surface area contributed by atoms with Crippen molar-refractivity contribution in [2.24, 2.45) is 0 Å². The summed E-state index contributed by atoms with van der Waals surface area (Å²) in [4.78, 5) is 15.0. The molecule has 0 spiro atoms. The maximum Gasteiger partial charge on any atom is 0.193 e. The molecular formula is C17H25NO2. The van der Waals surface area contributed by atoms with Crippen molar-refractivity contribution in [3.8, 4) is 0 Å². The van der Waals surface area contributed by atoms with E-state index in [2.05, 4.69) is 31.7 Å². The monoisotopic (exact) mass is 275 g/mol. The quantitative estimate of drug-likeness (QED) is 0.791. The molecule has 3 heteroatoms. The van der Waals surface area contributed by atoms with Crippen molar-refractivity contribution < 1.29 is 9.53 Å². The minimum atomic E-state index is -0.309. The van der Waals surface area contributed by atoms with Crippen LogP contribution in [-0.4, -0.2) is 43.0 Å². The molecular weight excluding hydrogens is 250 g/mol. The van der Waals surface area contributed by atoms with Crippen molar-refractivity contribution in [1.82, 2.24) is 4.90 Å². The molecule has 20 heavy (non-hydrogen) atoms. The van der Waals surface area contributed by atoms with Crippen molar-refractivity contribution in [2.45, 2.75) is 40.2 Å². The van der Waals surface area contributed by atoms with E-state index in [9.17, 15) is 4.79 Å². The molecule has 1 aliphatic rings. The van der Waals surface area contributed by atoms with Crippen LogP contribution < -0.4 is 0 Å². The number of morpholine rings is 1. The predicted octanol–water partition coefficient (Wildman–Crippen LogP) is 2.91. The van der Waals surface area contributed by atoms with Gasteiger partial charge in [-0.05, 0) is 56.5 Å². The van der Waals surface area contributed by atoms with Gasteiger partial charge in [-0.25, -0.2) is 0 Å². The third kappa shape index (κ3) is 3.28. The molecule has 1 unspecified atom stereocenters. The second-order valence-electron chi connectivity index (χ2n) is 5.78. The van der Waals surface area contributed by atoms with Gasteiger partial charge in [-0.15, -0.1) is 0 Å². The first-order chi connectivity index (χ1) is 9.52. The normalized spacial score (nSPS) is 20.1. The minimum Gasteiger partial charge on any atom is -0.367 e. The van der Waals surface area contributed by atoms with Gasteiger partial charge in [0.15, 0.2) is 5.78 Å². The first-order valence-electron chi connectivity index (χ1n) is 7.49. The smallest absolute Gasteiger partial charge is 0.193 e. The summed E-state index contributed by atoms with van der Waals surface area (Å²) in [7, 11) is 0. The molecule has 1 heterocycles. The highest BCUT2D eigenvalue weighted by atomic mass is 16.5. The standard InChI is InChI=1S/C17H25NO2/c1-5-6-18-7-8-20-16(11-18)17(19)15-10-13(3)12(2)9-14(15)4/h9-10,16H,5-8,11H2,1-4H3. The van der Waals surface area contributed by atoms with Gasteiger partial charge in [0.25, 0.3) is 0 Å². The number of hydrogen-bond donors (Lipinski definition) is 0. The Labute approximate surface area is 121 Å². The molecule has 0 bridgehead atoms. The molecule has 0 saturated carbocycles. The highest BCUT2D eigenvalue weighted by Crippen LogP contribution is 2.19. The predicted molar refractivity (Wildman–Crippen MR) is 81.5 cm³/mol. The Kier molecular flexibility index (Phi) is 4.95. The molecule has 1 fully saturated rings.